The highest BCUT2D eigenvalue weighted by molar-refractivity contribution is 7.91. The van der Waals surface area contributed by atoms with Crippen LogP contribution in [0.5, 0.6) is 0 Å². The third-order valence-electron chi connectivity index (χ3n) is 5.14. The maximum absolute atomic E-state index is 14.3. The molecule has 158 valence electrons. The number of pyridine rings is 1. The average molecular weight is 452 g/mol. The average Bonchev–Trinajstić information content (AvgIpc) is 3.25. The quantitative estimate of drug-likeness (QED) is 0.591. The second-order valence-electron chi connectivity index (χ2n) is 7.45. The number of aromatic nitrogens is 4. The van der Waals surface area contributed by atoms with Crippen LogP contribution in [0.1, 0.15) is 19.8 Å². The smallest absolute Gasteiger partial charge is 0.183 e. The second kappa shape index (κ2) is 7.92. The van der Waals surface area contributed by atoms with Crippen LogP contribution < -0.4 is 5.32 Å². The Labute approximate surface area is 177 Å². The van der Waals surface area contributed by atoms with Crippen molar-refractivity contribution in [1.82, 2.24) is 19.9 Å². The van der Waals surface area contributed by atoms with E-state index in [1.54, 1.807) is 19.2 Å². The van der Waals surface area contributed by atoms with Gasteiger partial charge >= 0.3 is 0 Å². The maximum Gasteiger partial charge on any atom is 0.183 e. The number of ketones is 1. The Balaban J connectivity index is 1.53. The fourth-order valence-corrected chi connectivity index (χ4v) is 5.56. The molecule has 0 spiro atoms. The van der Waals surface area contributed by atoms with E-state index in [0.717, 1.165) is 6.20 Å². The van der Waals surface area contributed by atoms with Gasteiger partial charge in [0.1, 0.15) is 5.65 Å². The molecule has 2 N–H and O–H groups in total. The predicted octanol–water partition coefficient (Wildman–Crippen LogP) is 3.01. The number of anilines is 1. The molecule has 3 aromatic rings. The molecule has 0 saturated carbocycles. The van der Waals surface area contributed by atoms with Crippen molar-refractivity contribution in [3.8, 4) is 11.4 Å². The van der Waals surface area contributed by atoms with Crippen LogP contribution in [-0.4, -0.2) is 51.7 Å². The van der Waals surface area contributed by atoms with E-state index in [4.69, 9.17) is 11.6 Å². The number of carbonyl (C=O) groups is 1. The summed E-state index contributed by atoms with van der Waals surface area (Å²) < 4.78 is 37.5. The number of carbonyl (C=O) groups excluding carboxylic acids is 1. The zero-order valence-corrected chi connectivity index (χ0v) is 17.6. The Hall–Kier alpha value is -2.59. The number of hydrogen-bond acceptors (Lipinski definition) is 7. The molecule has 4 rings (SSSR count). The lowest BCUT2D eigenvalue weighted by molar-refractivity contribution is -0.120. The Kier molecular flexibility index (Phi) is 5.46. The lowest BCUT2D eigenvalue weighted by Crippen LogP contribution is -2.29. The SMILES string of the molecule is C[C@H](Nc1nc(-c2c[nH]c3ncc(Cl)cc23)ncc1F)C(=O)CC1CCS(=O)(=O)C1. The standard InChI is InChI=1S/C19H19ClFN5O3S/c1-10(16(27)4-11-2-3-30(28,29)9-11)25-19-15(21)8-24-18(26-19)14-7-23-17-13(14)5-12(20)6-22-17/h5-8,10-11H,2-4,9H2,1H3,(H,22,23)(H,24,25,26)/t10-,11?/m0/s1. The van der Waals surface area contributed by atoms with Crippen LogP contribution in [0.3, 0.4) is 0 Å². The summed E-state index contributed by atoms with van der Waals surface area (Å²) in [5, 5.41) is 3.92. The van der Waals surface area contributed by atoms with Crippen molar-refractivity contribution in [2.45, 2.75) is 25.8 Å². The molecule has 11 heteroatoms. The minimum absolute atomic E-state index is 0.0225. The number of Topliss-reactive ketones (excluding diaryl/α,β-unsaturated/α-hetero) is 1. The van der Waals surface area contributed by atoms with Crippen molar-refractivity contribution in [1.29, 1.82) is 0 Å². The molecule has 30 heavy (non-hydrogen) atoms. The molecule has 1 unspecified atom stereocenters. The predicted molar refractivity (Wildman–Crippen MR) is 112 cm³/mol. The van der Waals surface area contributed by atoms with Gasteiger partial charge in [-0.15, -0.1) is 0 Å². The van der Waals surface area contributed by atoms with Crippen LogP contribution in [-0.2, 0) is 14.6 Å². The summed E-state index contributed by atoms with van der Waals surface area (Å²) in [6.45, 7) is 1.60. The number of nitrogens with zero attached hydrogens (tertiary/aromatic N) is 3. The molecule has 1 aliphatic heterocycles. The van der Waals surface area contributed by atoms with Gasteiger partial charge in [-0.2, -0.15) is 0 Å². The highest BCUT2D eigenvalue weighted by atomic mass is 35.5. The van der Waals surface area contributed by atoms with Crippen LogP contribution in [0.4, 0.5) is 10.2 Å². The van der Waals surface area contributed by atoms with Gasteiger partial charge in [-0.3, -0.25) is 4.79 Å². The molecule has 4 heterocycles. The number of H-pyrrole nitrogens is 1. The van der Waals surface area contributed by atoms with Gasteiger partial charge in [-0.25, -0.2) is 27.8 Å². The van der Waals surface area contributed by atoms with Gasteiger partial charge in [0.2, 0.25) is 0 Å². The third kappa shape index (κ3) is 4.29. The number of halogens is 2. The number of fused-ring (bicyclic) bond motifs is 1. The summed E-state index contributed by atoms with van der Waals surface area (Å²) in [6, 6.07) is 0.974. The van der Waals surface area contributed by atoms with Gasteiger partial charge in [0.15, 0.2) is 33.1 Å². The highest BCUT2D eigenvalue weighted by Crippen LogP contribution is 2.28. The molecule has 0 aliphatic carbocycles. The van der Waals surface area contributed by atoms with Crippen LogP contribution in [0.25, 0.3) is 22.4 Å². The topological polar surface area (TPSA) is 118 Å². The van der Waals surface area contributed by atoms with Gasteiger partial charge in [0, 0.05) is 29.8 Å². The van der Waals surface area contributed by atoms with E-state index in [1.165, 1.54) is 6.20 Å². The summed E-state index contributed by atoms with van der Waals surface area (Å²) in [7, 11) is -3.05. The Bertz CT molecular complexity index is 1230. The molecule has 2 atom stereocenters. The zero-order chi connectivity index (χ0) is 21.5. The monoisotopic (exact) mass is 451 g/mol. The van der Waals surface area contributed by atoms with Crippen molar-refractivity contribution >= 4 is 44.1 Å². The second-order valence-corrected chi connectivity index (χ2v) is 10.1. The van der Waals surface area contributed by atoms with Gasteiger partial charge in [-0.05, 0) is 25.3 Å². The Morgan fingerprint density at radius 2 is 2.20 bits per heavy atom. The minimum Gasteiger partial charge on any atom is -0.358 e. The number of sulfone groups is 1. The van der Waals surface area contributed by atoms with Gasteiger partial charge in [0.25, 0.3) is 0 Å². The molecular weight excluding hydrogens is 433 g/mol. The summed E-state index contributed by atoms with van der Waals surface area (Å²) >= 11 is 6.02. The van der Waals surface area contributed by atoms with E-state index in [1.807, 2.05) is 0 Å². The fraction of sp³-hybridized carbons (Fsp3) is 0.368. The Morgan fingerprint density at radius 1 is 1.40 bits per heavy atom. The van der Waals surface area contributed by atoms with E-state index < -0.39 is 21.7 Å². The molecule has 0 radical (unpaired) electrons. The first-order chi connectivity index (χ1) is 14.2. The first-order valence-electron chi connectivity index (χ1n) is 9.37. The molecule has 8 nitrogen and oxygen atoms in total. The molecule has 1 aliphatic rings. The van der Waals surface area contributed by atoms with Crippen molar-refractivity contribution in [2.75, 3.05) is 16.8 Å². The summed E-state index contributed by atoms with van der Waals surface area (Å²) in [6.07, 6.45) is 4.79. The third-order valence-corrected chi connectivity index (χ3v) is 7.18. The molecule has 0 bridgehead atoms. The van der Waals surface area contributed by atoms with E-state index in [2.05, 4.69) is 25.3 Å². The number of rotatable bonds is 6. The van der Waals surface area contributed by atoms with Crippen molar-refractivity contribution in [3.05, 3.63) is 35.5 Å². The Morgan fingerprint density at radius 3 is 2.93 bits per heavy atom. The van der Waals surface area contributed by atoms with Crippen molar-refractivity contribution < 1.29 is 17.6 Å². The molecule has 3 aromatic heterocycles. The molecule has 1 fully saturated rings. The molecule has 1 saturated heterocycles. The van der Waals surface area contributed by atoms with E-state index >= 15 is 0 Å². The molecular formula is C19H19ClFN5O3S. The van der Waals surface area contributed by atoms with E-state index in [-0.39, 0.29) is 41.3 Å². The lowest BCUT2D eigenvalue weighted by Gasteiger charge is -2.16. The first-order valence-corrected chi connectivity index (χ1v) is 11.6. The summed E-state index contributed by atoms with van der Waals surface area (Å²) in [4.78, 5) is 27.9. The summed E-state index contributed by atoms with van der Waals surface area (Å²) in [5.74, 6) is -0.812. The number of hydrogen-bond donors (Lipinski definition) is 2. The first kappa shape index (κ1) is 20.7. The van der Waals surface area contributed by atoms with Crippen LogP contribution in [0, 0.1) is 11.7 Å². The minimum atomic E-state index is -3.05. The van der Waals surface area contributed by atoms with E-state index in [9.17, 15) is 17.6 Å². The lowest BCUT2D eigenvalue weighted by atomic mass is 9.99. The highest BCUT2D eigenvalue weighted by Gasteiger charge is 2.30. The van der Waals surface area contributed by atoms with Gasteiger partial charge in [0.05, 0.1) is 28.8 Å². The van der Waals surface area contributed by atoms with Crippen LogP contribution in [0.2, 0.25) is 5.02 Å². The van der Waals surface area contributed by atoms with Gasteiger partial charge < -0.3 is 10.3 Å². The molecule has 0 aromatic carbocycles. The number of aromatic amines is 1. The fourth-order valence-electron chi connectivity index (χ4n) is 3.54. The van der Waals surface area contributed by atoms with E-state index in [0.29, 0.717) is 28.0 Å². The molecule has 0 amide bonds. The maximum atomic E-state index is 14.3. The van der Waals surface area contributed by atoms with Crippen LogP contribution >= 0.6 is 11.6 Å². The van der Waals surface area contributed by atoms with Gasteiger partial charge in [-0.1, -0.05) is 11.6 Å². The van der Waals surface area contributed by atoms with Crippen molar-refractivity contribution in [3.63, 3.8) is 0 Å². The zero-order valence-electron chi connectivity index (χ0n) is 16.0. The van der Waals surface area contributed by atoms with Crippen molar-refractivity contribution in [2.24, 2.45) is 5.92 Å². The van der Waals surface area contributed by atoms with Crippen LogP contribution in [0.15, 0.2) is 24.7 Å². The normalized spacial score (nSPS) is 19.1. The largest absolute Gasteiger partial charge is 0.358 e. The number of nitrogens with one attached hydrogen (secondary N) is 2. The summed E-state index contributed by atoms with van der Waals surface area (Å²) in [5.41, 5.74) is 1.19.